The summed E-state index contributed by atoms with van der Waals surface area (Å²) in [5.74, 6) is 0. The van der Waals surface area contributed by atoms with Crippen molar-refractivity contribution in [3.63, 3.8) is 0 Å². The van der Waals surface area contributed by atoms with Crippen LogP contribution >= 0.6 is 15.2 Å². The fraction of sp³-hybridized carbons (Fsp3) is 0.429. The van der Waals surface area contributed by atoms with Crippen molar-refractivity contribution in [2.45, 2.75) is 5.16 Å². The molecule has 0 saturated heterocycles. The van der Waals surface area contributed by atoms with Gasteiger partial charge in [-0.15, -0.1) is 0 Å². The molecule has 0 aromatic rings. The molecule has 0 amide bonds. The van der Waals surface area contributed by atoms with Gasteiger partial charge in [0.25, 0.3) is 0 Å². The average molecular weight is 280 g/mol. The van der Waals surface area contributed by atoms with Crippen LogP contribution in [0.1, 0.15) is 0 Å². The van der Waals surface area contributed by atoms with Crippen LogP contribution in [0.5, 0.6) is 0 Å². The largest absolute Gasteiger partial charge is 0.360 e. The standard InChI is InChI=1S/C7H10N2O6P2/c1-6(2,5-16(10,11)12)7(3-8,4-9)17(13,14)15/h1-2,5H2,(H2,10,11,12)(H2,13,14,15). The Hall–Kier alpha value is -0.720. The summed E-state index contributed by atoms with van der Waals surface area (Å²) in [5.41, 5.74) is -2.37. The van der Waals surface area contributed by atoms with Gasteiger partial charge in [0.1, 0.15) is 0 Å². The van der Waals surface area contributed by atoms with Gasteiger partial charge in [0.15, 0.2) is 0 Å². The Balaban J connectivity index is 5.87. The quantitative estimate of drug-likeness (QED) is 0.513. The molecule has 0 saturated carbocycles. The first-order chi connectivity index (χ1) is 7.33. The highest BCUT2D eigenvalue weighted by atomic mass is 31.2. The highest BCUT2D eigenvalue weighted by Crippen LogP contribution is 2.61. The predicted molar refractivity (Wildman–Crippen MR) is 56.1 cm³/mol. The fourth-order valence-corrected chi connectivity index (χ4v) is 3.32. The summed E-state index contributed by atoms with van der Waals surface area (Å²) in [6, 6.07) is 2.15. The smallest absolute Gasteiger partial charge is 0.324 e. The molecule has 4 N–H and O–H groups in total. The molecule has 94 valence electrons. The number of hydrogen-bond acceptors (Lipinski definition) is 4. The maximum atomic E-state index is 11.2. The summed E-state index contributed by atoms with van der Waals surface area (Å²) < 4.78 is 22.0. The van der Waals surface area contributed by atoms with E-state index >= 15 is 0 Å². The highest BCUT2D eigenvalue weighted by molar-refractivity contribution is 7.55. The van der Waals surface area contributed by atoms with Gasteiger partial charge in [0.05, 0.1) is 18.3 Å². The molecule has 0 spiro atoms. The first-order valence-electron chi connectivity index (χ1n) is 3.96. The first kappa shape index (κ1) is 16.3. The summed E-state index contributed by atoms with van der Waals surface area (Å²) in [6.07, 6.45) is -1.20. The first-order valence-corrected chi connectivity index (χ1v) is 7.37. The number of hydrogen-bond donors (Lipinski definition) is 4. The number of nitrogens with zero attached hydrogens (tertiary/aromatic N) is 2. The Morgan fingerprint density at radius 3 is 1.59 bits per heavy atom. The molecule has 0 heterocycles. The molecule has 2 radical (unpaired) electrons. The molecule has 0 aromatic heterocycles. The molecule has 10 heteroatoms. The van der Waals surface area contributed by atoms with Gasteiger partial charge in [-0.3, -0.25) is 9.13 Å². The lowest BCUT2D eigenvalue weighted by atomic mass is 9.81. The maximum Gasteiger partial charge on any atom is 0.360 e. The lowest BCUT2D eigenvalue weighted by molar-refractivity contribution is 0.309. The molecular formula is C7H10N2O6P2. The molecule has 8 nitrogen and oxygen atoms in total. The third-order valence-corrected chi connectivity index (χ3v) is 4.60. The van der Waals surface area contributed by atoms with E-state index in [-0.39, 0.29) is 0 Å². The van der Waals surface area contributed by atoms with Gasteiger partial charge in [-0.25, -0.2) is 0 Å². The number of nitriles is 2. The minimum Gasteiger partial charge on any atom is -0.324 e. The lowest BCUT2D eigenvalue weighted by Crippen LogP contribution is -2.44. The second kappa shape index (κ2) is 4.51. The zero-order valence-corrected chi connectivity index (χ0v) is 10.3. The van der Waals surface area contributed by atoms with Crippen LogP contribution < -0.4 is 0 Å². The van der Waals surface area contributed by atoms with E-state index in [0.717, 1.165) is 12.1 Å². The van der Waals surface area contributed by atoms with Crippen molar-refractivity contribution in [1.82, 2.24) is 0 Å². The van der Waals surface area contributed by atoms with Crippen molar-refractivity contribution in [1.29, 1.82) is 10.5 Å². The molecule has 0 aliphatic carbocycles. The molecule has 0 unspecified atom stereocenters. The third-order valence-electron chi connectivity index (χ3n) is 2.04. The Kier molecular flexibility index (Phi) is 4.32. The summed E-state index contributed by atoms with van der Waals surface area (Å²) in [6.45, 7) is 6.19. The Morgan fingerprint density at radius 2 is 1.41 bits per heavy atom. The van der Waals surface area contributed by atoms with E-state index in [1.165, 1.54) is 0 Å². The van der Waals surface area contributed by atoms with E-state index in [0.29, 0.717) is 0 Å². The molecule has 0 fully saturated rings. The van der Waals surface area contributed by atoms with Crippen LogP contribution in [0.3, 0.4) is 0 Å². The van der Waals surface area contributed by atoms with E-state index in [1.807, 2.05) is 0 Å². The fourth-order valence-electron chi connectivity index (χ4n) is 1.21. The van der Waals surface area contributed by atoms with Crippen LogP contribution in [0.2, 0.25) is 0 Å². The van der Waals surface area contributed by atoms with Crippen molar-refractivity contribution in [3.05, 3.63) is 13.8 Å². The molecule has 0 aliphatic heterocycles. The second-order valence-corrected chi connectivity index (χ2v) is 6.99. The van der Waals surface area contributed by atoms with Gasteiger partial charge in [0.2, 0.25) is 5.16 Å². The lowest BCUT2D eigenvalue weighted by Gasteiger charge is -2.35. The molecule has 17 heavy (non-hydrogen) atoms. The van der Waals surface area contributed by atoms with E-state index in [2.05, 4.69) is 13.8 Å². The molecule has 0 aromatic carbocycles. The molecule has 0 rings (SSSR count). The van der Waals surface area contributed by atoms with Crippen LogP contribution in [0.25, 0.3) is 0 Å². The minimum atomic E-state index is -5.30. The van der Waals surface area contributed by atoms with Crippen LogP contribution in [0.15, 0.2) is 0 Å². The number of rotatable bonds is 4. The summed E-state index contributed by atoms with van der Waals surface area (Å²) >= 11 is 0. The Bertz CT molecular complexity index is 462. The van der Waals surface area contributed by atoms with Gasteiger partial charge >= 0.3 is 15.2 Å². The van der Waals surface area contributed by atoms with Gasteiger partial charge < -0.3 is 19.6 Å². The Labute approximate surface area is 97.8 Å². The molecule has 0 aliphatic rings. The normalized spacial score (nSPS) is 13.9. The van der Waals surface area contributed by atoms with E-state index < -0.39 is 31.9 Å². The van der Waals surface area contributed by atoms with Gasteiger partial charge in [-0.1, -0.05) is 0 Å². The molecule has 0 atom stereocenters. The SMILES string of the molecule is [CH2]C([CH2])(CP(=O)(O)O)C(C#N)(C#N)P(=O)(O)O. The van der Waals surface area contributed by atoms with Crippen molar-refractivity contribution >= 4 is 15.2 Å². The van der Waals surface area contributed by atoms with E-state index in [1.54, 1.807) is 0 Å². The predicted octanol–water partition coefficient (Wildman–Crippen LogP) is -0.218. The second-order valence-electron chi connectivity index (χ2n) is 3.58. The summed E-state index contributed by atoms with van der Waals surface area (Å²) in [7, 11) is -10.1. The highest BCUT2D eigenvalue weighted by Gasteiger charge is 2.61. The van der Waals surface area contributed by atoms with Gasteiger partial charge in [0, 0.05) is 5.41 Å². The van der Waals surface area contributed by atoms with Crippen LogP contribution in [0, 0.1) is 41.9 Å². The van der Waals surface area contributed by atoms with Gasteiger partial charge in [-0.2, -0.15) is 10.5 Å². The zero-order valence-electron chi connectivity index (χ0n) is 8.52. The van der Waals surface area contributed by atoms with Crippen molar-refractivity contribution < 1.29 is 28.7 Å². The summed E-state index contributed by atoms with van der Waals surface area (Å²) in [5, 5.41) is 14.5. The Morgan fingerprint density at radius 1 is 1.06 bits per heavy atom. The van der Waals surface area contributed by atoms with Crippen LogP contribution in [-0.4, -0.2) is 30.9 Å². The van der Waals surface area contributed by atoms with Crippen molar-refractivity contribution in [2.24, 2.45) is 5.41 Å². The average Bonchev–Trinajstić information content (AvgIpc) is 1.98. The van der Waals surface area contributed by atoms with E-state index in [9.17, 15) is 9.13 Å². The van der Waals surface area contributed by atoms with Gasteiger partial charge in [-0.05, 0) is 13.8 Å². The van der Waals surface area contributed by atoms with Crippen LogP contribution in [0.4, 0.5) is 0 Å². The maximum absolute atomic E-state index is 11.2. The minimum absolute atomic E-state index is 1.08. The summed E-state index contributed by atoms with van der Waals surface area (Å²) in [4.78, 5) is 35.5. The van der Waals surface area contributed by atoms with Crippen LogP contribution in [-0.2, 0) is 9.13 Å². The monoisotopic (exact) mass is 280 g/mol. The third kappa shape index (κ3) is 3.14. The van der Waals surface area contributed by atoms with E-state index in [4.69, 9.17) is 30.1 Å². The zero-order chi connectivity index (χ0) is 14.1. The van der Waals surface area contributed by atoms with Crippen molar-refractivity contribution in [2.75, 3.05) is 6.16 Å². The topological polar surface area (TPSA) is 163 Å². The van der Waals surface area contributed by atoms with Crippen molar-refractivity contribution in [3.8, 4) is 12.1 Å². The molecular weight excluding hydrogens is 270 g/mol. The molecule has 0 bridgehead atoms.